The van der Waals surface area contributed by atoms with Gasteiger partial charge in [-0.05, 0) is 36.2 Å². The predicted octanol–water partition coefficient (Wildman–Crippen LogP) is 2.31. The number of nitrogens with one attached hydrogen (secondary N) is 1. The fourth-order valence-electron chi connectivity index (χ4n) is 1.51. The maximum Gasteiger partial charge on any atom is 0.0715 e. The Bertz CT molecular complexity index is 332. The van der Waals surface area contributed by atoms with E-state index >= 15 is 0 Å². The number of nitrogens with two attached hydrogens (primary N) is 1. The Morgan fingerprint density at radius 1 is 1.73 bits per heavy atom. The summed E-state index contributed by atoms with van der Waals surface area (Å²) in [5.41, 5.74) is 3.84. The molecule has 0 radical (unpaired) electrons. The molecule has 84 valence electrons. The highest BCUT2D eigenvalue weighted by molar-refractivity contribution is 9.10. The maximum absolute atomic E-state index is 5.53. The van der Waals surface area contributed by atoms with Crippen molar-refractivity contribution >= 4 is 15.9 Å². The van der Waals surface area contributed by atoms with E-state index in [1.165, 1.54) is 0 Å². The third kappa shape index (κ3) is 2.68. The van der Waals surface area contributed by atoms with Crippen molar-refractivity contribution in [1.29, 1.82) is 0 Å². The van der Waals surface area contributed by atoms with Crippen LogP contribution < -0.4 is 11.3 Å². The van der Waals surface area contributed by atoms with Crippen molar-refractivity contribution in [3.05, 3.63) is 29.0 Å². The Morgan fingerprint density at radius 3 is 2.87 bits per heavy atom. The number of hydrogen-bond acceptors (Lipinski definition) is 3. The number of hydrogen-bond donors (Lipinski definition) is 2. The van der Waals surface area contributed by atoms with E-state index in [-0.39, 0.29) is 6.04 Å². The Balaban J connectivity index is 3.08. The number of aromatic nitrogens is 2. The molecule has 15 heavy (non-hydrogen) atoms. The van der Waals surface area contributed by atoms with Gasteiger partial charge in [0.25, 0.3) is 0 Å². The lowest BCUT2D eigenvalue weighted by Crippen LogP contribution is -2.30. The Hall–Kier alpha value is -0.650. The molecule has 0 saturated heterocycles. The fourth-order valence-corrected chi connectivity index (χ4v) is 2.06. The highest BCUT2D eigenvalue weighted by atomic mass is 79.9. The highest BCUT2D eigenvalue weighted by Crippen LogP contribution is 2.27. The molecule has 1 aromatic heterocycles. The summed E-state index contributed by atoms with van der Waals surface area (Å²) in [7, 11) is 0. The second kappa shape index (κ2) is 5.44. The SMILES string of the molecule is C=CCC(NN)c1c(Br)cnn1C(C)C. The first-order valence-corrected chi connectivity index (χ1v) is 5.71. The van der Waals surface area contributed by atoms with Crippen molar-refractivity contribution in [2.24, 2.45) is 5.84 Å². The second-order valence-electron chi connectivity index (χ2n) is 3.66. The molecule has 1 atom stereocenters. The molecule has 4 nitrogen and oxygen atoms in total. The van der Waals surface area contributed by atoms with Gasteiger partial charge in [-0.1, -0.05) is 6.08 Å². The van der Waals surface area contributed by atoms with Crippen molar-refractivity contribution in [3.63, 3.8) is 0 Å². The molecule has 0 aliphatic carbocycles. The summed E-state index contributed by atoms with van der Waals surface area (Å²) in [6.45, 7) is 7.90. The van der Waals surface area contributed by atoms with Gasteiger partial charge >= 0.3 is 0 Å². The maximum atomic E-state index is 5.53. The van der Waals surface area contributed by atoms with E-state index in [9.17, 15) is 0 Å². The van der Waals surface area contributed by atoms with Crippen LogP contribution in [0.25, 0.3) is 0 Å². The topological polar surface area (TPSA) is 55.9 Å². The smallest absolute Gasteiger partial charge is 0.0715 e. The van der Waals surface area contributed by atoms with Crippen LogP contribution in [0.4, 0.5) is 0 Å². The van der Waals surface area contributed by atoms with Gasteiger partial charge < -0.3 is 0 Å². The van der Waals surface area contributed by atoms with Crippen LogP contribution >= 0.6 is 15.9 Å². The zero-order valence-electron chi connectivity index (χ0n) is 9.07. The van der Waals surface area contributed by atoms with Crippen LogP contribution in [-0.4, -0.2) is 9.78 Å². The minimum atomic E-state index is 0.0433. The number of hydrazine groups is 1. The third-order valence-corrected chi connectivity index (χ3v) is 2.82. The minimum absolute atomic E-state index is 0.0433. The van der Waals surface area contributed by atoms with Crippen molar-refractivity contribution < 1.29 is 0 Å². The summed E-state index contributed by atoms with van der Waals surface area (Å²) in [6, 6.07) is 0.355. The van der Waals surface area contributed by atoms with Crippen LogP contribution in [0.15, 0.2) is 23.3 Å². The van der Waals surface area contributed by atoms with Gasteiger partial charge in [-0.15, -0.1) is 6.58 Å². The van der Waals surface area contributed by atoms with E-state index in [1.54, 1.807) is 6.20 Å². The molecule has 1 heterocycles. The normalized spacial score (nSPS) is 13.1. The molecule has 1 unspecified atom stereocenters. The predicted molar refractivity (Wildman–Crippen MR) is 65.2 cm³/mol. The van der Waals surface area contributed by atoms with Gasteiger partial charge in [-0.2, -0.15) is 5.10 Å². The lowest BCUT2D eigenvalue weighted by Gasteiger charge is -2.19. The molecule has 0 saturated carbocycles. The van der Waals surface area contributed by atoms with Crippen LogP contribution in [0, 0.1) is 0 Å². The average molecular weight is 273 g/mol. The molecule has 1 rings (SSSR count). The van der Waals surface area contributed by atoms with Gasteiger partial charge in [0.15, 0.2) is 0 Å². The van der Waals surface area contributed by atoms with E-state index < -0.39 is 0 Å². The number of rotatable bonds is 5. The van der Waals surface area contributed by atoms with Crippen LogP contribution in [0.3, 0.4) is 0 Å². The first-order valence-electron chi connectivity index (χ1n) is 4.91. The van der Waals surface area contributed by atoms with Crippen LogP contribution in [0.2, 0.25) is 0 Å². The van der Waals surface area contributed by atoms with E-state index in [2.05, 4.69) is 46.9 Å². The van der Waals surface area contributed by atoms with Gasteiger partial charge in [0.1, 0.15) is 0 Å². The molecule has 0 bridgehead atoms. The molecule has 0 fully saturated rings. The summed E-state index contributed by atoms with van der Waals surface area (Å²) in [6.07, 6.45) is 4.41. The van der Waals surface area contributed by atoms with E-state index in [4.69, 9.17) is 5.84 Å². The van der Waals surface area contributed by atoms with Crippen molar-refractivity contribution in [2.75, 3.05) is 0 Å². The zero-order valence-corrected chi connectivity index (χ0v) is 10.7. The summed E-state index contributed by atoms with van der Waals surface area (Å²) < 4.78 is 2.93. The van der Waals surface area contributed by atoms with Gasteiger partial charge in [0.05, 0.1) is 22.4 Å². The van der Waals surface area contributed by atoms with Gasteiger partial charge in [-0.25, -0.2) is 0 Å². The standard InChI is InChI=1S/C10H17BrN4/c1-4-5-9(14-12)10-8(11)6-13-15(10)7(2)3/h4,6-7,9,14H,1,5,12H2,2-3H3. The summed E-state index contributed by atoms with van der Waals surface area (Å²) in [5, 5.41) is 4.31. The Morgan fingerprint density at radius 2 is 2.40 bits per heavy atom. The zero-order chi connectivity index (χ0) is 11.4. The number of halogens is 1. The summed E-state index contributed by atoms with van der Waals surface area (Å²) in [5.74, 6) is 5.53. The van der Waals surface area contributed by atoms with E-state index in [0.717, 1.165) is 16.6 Å². The largest absolute Gasteiger partial charge is 0.271 e. The highest BCUT2D eigenvalue weighted by Gasteiger charge is 2.19. The van der Waals surface area contributed by atoms with Crippen LogP contribution in [0.1, 0.15) is 38.0 Å². The second-order valence-corrected chi connectivity index (χ2v) is 4.51. The van der Waals surface area contributed by atoms with Crippen LogP contribution in [0.5, 0.6) is 0 Å². The fraction of sp³-hybridized carbons (Fsp3) is 0.500. The van der Waals surface area contributed by atoms with E-state index in [0.29, 0.717) is 6.04 Å². The van der Waals surface area contributed by atoms with Gasteiger partial charge in [-0.3, -0.25) is 16.0 Å². The van der Waals surface area contributed by atoms with Crippen molar-refractivity contribution in [2.45, 2.75) is 32.4 Å². The summed E-state index contributed by atoms with van der Waals surface area (Å²) in [4.78, 5) is 0. The molecule has 5 heteroatoms. The first kappa shape index (κ1) is 12.4. The lowest BCUT2D eigenvalue weighted by molar-refractivity contribution is 0.450. The molecule has 1 aromatic rings. The number of nitrogens with zero attached hydrogens (tertiary/aromatic N) is 2. The molecule has 0 aromatic carbocycles. The van der Waals surface area contributed by atoms with Crippen molar-refractivity contribution in [1.82, 2.24) is 15.2 Å². The summed E-state index contributed by atoms with van der Waals surface area (Å²) >= 11 is 3.48. The molecule has 3 N–H and O–H groups in total. The molecular weight excluding hydrogens is 256 g/mol. The Labute approximate surface area is 98.6 Å². The van der Waals surface area contributed by atoms with Gasteiger partial charge in [0.2, 0.25) is 0 Å². The molecule has 0 amide bonds. The van der Waals surface area contributed by atoms with E-state index in [1.807, 2.05) is 10.8 Å². The molecule has 0 aliphatic rings. The lowest BCUT2D eigenvalue weighted by atomic mass is 10.1. The third-order valence-electron chi connectivity index (χ3n) is 2.21. The monoisotopic (exact) mass is 272 g/mol. The van der Waals surface area contributed by atoms with Crippen LogP contribution in [-0.2, 0) is 0 Å². The van der Waals surface area contributed by atoms with Crippen molar-refractivity contribution in [3.8, 4) is 0 Å². The Kier molecular flexibility index (Phi) is 4.50. The molecular formula is C10H17BrN4. The molecule has 0 aliphatic heterocycles. The minimum Gasteiger partial charge on any atom is -0.271 e. The molecule has 0 spiro atoms. The quantitative estimate of drug-likeness (QED) is 0.491. The average Bonchev–Trinajstić information content (AvgIpc) is 2.57. The van der Waals surface area contributed by atoms with Gasteiger partial charge in [0, 0.05) is 6.04 Å². The first-order chi connectivity index (χ1) is 7.11.